The van der Waals surface area contributed by atoms with Crippen LogP contribution >= 0.6 is 35.3 Å². The smallest absolute Gasteiger partial charge is 0.191 e. The van der Waals surface area contributed by atoms with E-state index in [-0.39, 0.29) is 29.4 Å². The molecule has 0 amide bonds. The van der Waals surface area contributed by atoms with Crippen LogP contribution in [0.2, 0.25) is 0 Å². The lowest BCUT2D eigenvalue weighted by molar-refractivity contribution is 0.296. The van der Waals surface area contributed by atoms with Gasteiger partial charge in [-0.1, -0.05) is 39.0 Å². The Labute approximate surface area is 189 Å². The van der Waals surface area contributed by atoms with Gasteiger partial charge in [-0.25, -0.2) is 4.98 Å². The zero-order valence-electron chi connectivity index (χ0n) is 17.1. The molecule has 0 bridgehead atoms. The first-order valence-corrected chi connectivity index (χ1v) is 10.4. The van der Waals surface area contributed by atoms with Crippen LogP contribution in [0.3, 0.4) is 0 Å². The van der Waals surface area contributed by atoms with E-state index in [0.29, 0.717) is 13.1 Å². The highest BCUT2D eigenvalue weighted by atomic mass is 127. The molecule has 1 aliphatic rings. The fourth-order valence-corrected chi connectivity index (χ4v) is 3.54. The van der Waals surface area contributed by atoms with Gasteiger partial charge in [-0.05, 0) is 24.8 Å². The number of rotatable bonds is 7. The van der Waals surface area contributed by atoms with E-state index in [1.165, 1.54) is 12.8 Å². The quantitative estimate of drug-likeness (QED) is 0.319. The van der Waals surface area contributed by atoms with Crippen molar-refractivity contribution in [3.8, 4) is 5.75 Å². The number of ether oxygens (including phenoxy) is 1. The van der Waals surface area contributed by atoms with E-state index >= 15 is 0 Å². The number of aromatic nitrogens is 1. The van der Waals surface area contributed by atoms with Crippen LogP contribution in [0.1, 0.15) is 49.9 Å². The van der Waals surface area contributed by atoms with Gasteiger partial charge >= 0.3 is 0 Å². The Morgan fingerprint density at radius 1 is 1.21 bits per heavy atom. The van der Waals surface area contributed by atoms with Crippen LogP contribution in [0.25, 0.3) is 0 Å². The Morgan fingerprint density at radius 2 is 1.93 bits per heavy atom. The van der Waals surface area contributed by atoms with Crippen molar-refractivity contribution in [1.82, 2.24) is 15.6 Å². The van der Waals surface area contributed by atoms with Gasteiger partial charge in [0.2, 0.25) is 0 Å². The van der Waals surface area contributed by atoms with Gasteiger partial charge in [0.1, 0.15) is 10.8 Å². The number of guanidine groups is 1. The number of nitrogens with one attached hydrogen (secondary N) is 2. The Hall–Kier alpha value is -1.35. The second kappa shape index (κ2) is 10.4. The highest BCUT2D eigenvalue weighted by Crippen LogP contribution is 2.30. The molecule has 1 aliphatic carbocycles. The summed E-state index contributed by atoms with van der Waals surface area (Å²) in [5.41, 5.74) is 2.36. The van der Waals surface area contributed by atoms with E-state index in [1.54, 1.807) is 18.4 Å². The average Bonchev–Trinajstić information content (AvgIpc) is 3.34. The summed E-state index contributed by atoms with van der Waals surface area (Å²) in [6.07, 6.45) is 2.59. The molecule has 154 valence electrons. The summed E-state index contributed by atoms with van der Waals surface area (Å²) in [6, 6.07) is 8.20. The molecule has 1 fully saturated rings. The largest absolute Gasteiger partial charge is 0.493 e. The van der Waals surface area contributed by atoms with Gasteiger partial charge in [-0.2, -0.15) is 0 Å². The summed E-state index contributed by atoms with van der Waals surface area (Å²) in [7, 11) is 1.78. The summed E-state index contributed by atoms with van der Waals surface area (Å²) in [6.45, 7) is 8.71. The molecule has 28 heavy (non-hydrogen) atoms. The van der Waals surface area contributed by atoms with Crippen molar-refractivity contribution in [2.45, 2.75) is 52.1 Å². The Bertz CT molecular complexity index is 781. The lowest BCUT2D eigenvalue weighted by Crippen LogP contribution is -2.36. The van der Waals surface area contributed by atoms with Gasteiger partial charge in [-0.3, -0.25) is 4.99 Å². The average molecular weight is 514 g/mol. The highest BCUT2D eigenvalue weighted by Gasteiger charge is 2.22. The molecule has 0 atom stereocenters. The minimum absolute atomic E-state index is 0. The molecule has 1 aromatic carbocycles. The Balaban J connectivity index is 0.00000280. The van der Waals surface area contributed by atoms with Crippen molar-refractivity contribution in [1.29, 1.82) is 0 Å². The normalized spacial score (nSPS) is 14.4. The topological polar surface area (TPSA) is 58.5 Å². The molecule has 0 unspecified atom stereocenters. The summed E-state index contributed by atoms with van der Waals surface area (Å²) >= 11 is 1.68. The molecule has 0 aliphatic heterocycles. The molecule has 3 rings (SSSR count). The standard InChI is InChI=1S/C21H30N4OS.HI/c1-21(2,3)18-14-27-19(25-18)12-24-20(22-4)23-11-16-7-5-6-8-17(16)26-13-15-9-10-15;/h5-8,14-15H,9-13H2,1-4H3,(H2,22,23,24);1H. The molecule has 0 radical (unpaired) electrons. The first kappa shape index (κ1) is 22.9. The Kier molecular flexibility index (Phi) is 8.55. The molecule has 0 saturated heterocycles. The molecule has 2 N–H and O–H groups in total. The van der Waals surface area contributed by atoms with Gasteiger partial charge in [0, 0.05) is 30.0 Å². The number of para-hydroxylation sites is 1. The molecule has 1 aromatic heterocycles. The summed E-state index contributed by atoms with van der Waals surface area (Å²) in [5, 5.41) is 9.92. The van der Waals surface area contributed by atoms with Gasteiger partial charge in [0.15, 0.2) is 5.96 Å². The second-order valence-electron chi connectivity index (χ2n) is 8.02. The van der Waals surface area contributed by atoms with Gasteiger partial charge < -0.3 is 15.4 Å². The molecule has 0 spiro atoms. The fourth-order valence-electron chi connectivity index (χ4n) is 2.58. The van der Waals surface area contributed by atoms with Crippen LogP contribution in [-0.4, -0.2) is 24.6 Å². The van der Waals surface area contributed by atoms with Crippen LogP contribution in [0.15, 0.2) is 34.6 Å². The minimum Gasteiger partial charge on any atom is -0.493 e. The Morgan fingerprint density at radius 3 is 2.57 bits per heavy atom. The molecule has 1 saturated carbocycles. The third-order valence-electron chi connectivity index (χ3n) is 4.54. The van der Waals surface area contributed by atoms with Gasteiger partial charge in [-0.15, -0.1) is 35.3 Å². The molecule has 1 heterocycles. The van der Waals surface area contributed by atoms with E-state index in [2.05, 4.69) is 47.8 Å². The number of nitrogens with zero attached hydrogens (tertiary/aromatic N) is 2. The zero-order chi connectivity index (χ0) is 19.3. The molecule has 2 aromatic rings. The SMILES string of the molecule is CN=C(NCc1nc(C(C)(C)C)cs1)NCc1ccccc1OCC1CC1.I. The van der Waals surface area contributed by atoms with Crippen molar-refractivity contribution < 1.29 is 4.74 Å². The molecule has 7 heteroatoms. The van der Waals surface area contributed by atoms with E-state index in [9.17, 15) is 0 Å². The van der Waals surface area contributed by atoms with E-state index in [0.717, 1.165) is 40.5 Å². The number of halogens is 1. The van der Waals surface area contributed by atoms with Crippen LogP contribution in [0.4, 0.5) is 0 Å². The van der Waals surface area contributed by atoms with E-state index in [1.807, 2.05) is 18.2 Å². The first-order valence-electron chi connectivity index (χ1n) is 9.56. The van der Waals surface area contributed by atoms with E-state index in [4.69, 9.17) is 9.72 Å². The summed E-state index contributed by atoms with van der Waals surface area (Å²) in [5.74, 6) is 2.47. The molecule has 5 nitrogen and oxygen atoms in total. The minimum atomic E-state index is 0. The number of thiazole rings is 1. The molecular formula is C21H31IN4OS. The van der Waals surface area contributed by atoms with Crippen LogP contribution in [0.5, 0.6) is 5.75 Å². The predicted octanol–water partition coefficient (Wildman–Crippen LogP) is 4.71. The first-order chi connectivity index (χ1) is 13.0. The predicted molar refractivity (Wildman–Crippen MR) is 128 cm³/mol. The zero-order valence-corrected chi connectivity index (χ0v) is 20.3. The summed E-state index contributed by atoms with van der Waals surface area (Å²) < 4.78 is 5.98. The van der Waals surface area contributed by atoms with Crippen molar-refractivity contribution in [2.24, 2.45) is 10.9 Å². The number of aliphatic imine (C=N–C) groups is 1. The number of hydrogen-bond donors (Lipinski definition) is 2. The molecular weight excluding hydrogens is 483 g/mol. The van der Waals surface area contributed by atoms with Crippen molar-refractivity contribution in [2.75, 3.05) is 13.7 Å². The number of hydrogen-bond acceptors (Lipinski definition) is 4. The van der Waals surface area contributed by atoms with Crippen molar-refractivity contribution >= 4 is 41.3 Å². The maximum Gasteiger partial charge on any atom is 0.191 e. The number of benzene rings is 1. The lowest BCUT2D eigenvalue weighted by atomic mass is 9.93. The van der Waals surface area contributed by atoms with Crippen LogP contribution in [-0.2, 0) is 18.5 Å². The highest BCUT2D eigenvalue weighted by molar-refractivity contribution is 14.0. The third-order valence-corrected chi connectivity index (χ3v) is 5.39. The van der Waals surface area contributed by atoms with Crippen LogP contribution < -0.4 is 15.4 Å². The maximum absolute atomic E-state index is 5.98. The van der Waals surface area contributed by atoms with Crippen molar-refractivity contribution in [3.05, 3.63) is 45.9 Å². The monoisotopic (exact) mass is 514 g/mol. The van der Waals surface area contributed by atoms with Crippen LogP contribution in [0, 0.1) is 5.92 Å². The van der Waals surface area contributed by atoms with Crippen molar-refractivity contribution in [3.63, 3.8) is 0 Å². The summed E-state index contributed by atoms with van der Waals surface area (Å²) in [4.78, 5) is 9.04. The van der Waals surface area contributed by atoms with E-state index < -0.39 is 0 Å². The third kappa shape index (κ3) is 6.92. The lowest BCUT2D eigenvalue weighted by Gasteiger charge is -2.15. The fraction of sp³-hybridized carbons (Fsp3) is 0.524. The van der Waals surface area contributed by atoms with Gasteiger partial charge in [0.05, 0.1) is 18.8 Å². The van der Waals surface area contributed by atoms with Gasteiger partial charge in [0.25, 0.3) is 0 Å². The maximum atomic E-state index is 5.98. The second-order valence-corrected chi connectivity index (χ2v) is 8.96.